The Hall–Kier alpha value is -2.56. The van der Waals surface area contributed by atoms with Crippen LogP contribution in [-0.2, 0) is 17.5 Å². The lowest BCUT2D eigenvalue weighted by molar-refractivity contribution is -0.138. The van der Waals surface area contributed by atoms with E-state index in [0.717, 1.165) is 10.9 Å². The summed E-state index contributed by atoms with van der Waals surface area (Å²) in [4.78, 5) is 22.4. The molecule has 6 nitrogen and oxygen atoms in total. The van der Waals surface area contributed by atoms with Crippen LogP contribution < -0.4 is 9.47 Å². The summed E-state index contributed by atoms with van der Waals surface area (Å²) >= 11 is 12.9. The molecule has 1 amide bonds. The number of carbonyl (C=O) groups is 1. The zero-order valence-electron chi connectivity index (χ0n) is 16.7. The summed E-state index contributed by atoms with van der Waals surface area (Å²) < 4.78 is 49.6. The molecule has 0 radical (unpaired) electrons. The van der Waals surface area contributed by atoms with E-state index in [2.05, 4.69) is 9.97 Å². The molecule has 0 spiro atoms. The molecule has 0 aliphatic rings. The van der Waals surface area contributed by atoms with Crippen molar-refractivity contribution in [2.45, 2.75) is 25.7 Å². The first-order chi connectivity index (χ1) is 15.0. The van der Waals surface area contributed by atoms with Gasteiger partial charge in [0.25, 0.3) is 5.91 Å². The first kappa shape index (κ1) is 24.1. The summed E-state index contributed by atoms with van der Waals surface area (Å²) in [5, 5.41) is -0.273. The number of benzene rings is 1. The molecule has 12 heteroatoms. The number of pyridine rings is 1. The van der Waals surface area contributed by atoms with Gasteiger partial charge in [-0.05, 0) is 37.3 Å². The molecule has 3 aromatic rings. The zero-order valence-corrected chi connectivity index (χ0v) is 19.0. The molecule has 0 aliphatic heterocycles. The molecule has 0 bridgehead atoms. The van der Waals surface area contributed by atoms with E-state index in [-0.39, 0.29) is 22.6 Å². The first-order valence-electron chi connectivity index (χ1n) is 9.05. The van der Waals surface area contributed by atoms with Crippen molar-refractivity contribution >= 4 is 40.4 Å². The van der Waals surface area contributed by atoms with Gasteiger partial charge in [0.2, 0.25) is 5.88 Å². The number of aromatic nitrogens is 2. The first-order valence-corrected chi connectivity index (χ1v) is 10.6. The van der Waals surface area contributed by atoms with Gasteiger partial charge in [0.05, 0.1) is 12.1 Å². The van der Waals surface area contributed by atoms with Gasteiger partial charge in [-0.25, -0.2) is 9.97 Å². The second-order valence-electron chi connectivity index (χ2n) is 6.62. The van der Waals surface area contributed by atoms with Crippen LogP contribution in [0.3, 0.4) is 0 Å². The predicted molar refractivity (Wildman–Crippen MR) is 114 cm³/mol. The summed E-state index contributed by atoms with van der Waals surface area (Å²) in [5.41, 5.74) is -0.972. The van der Waals surface area contributed by atoms with Crippen LogP contribution in [0.5, 0.6) is 17.4 Å². The lowest BCUT2D eigenvalue weighted by Gasteiger charge is -2.21. The van der Waals surface area contributed by atoms with E-state index in [0.29, 0.717) is 23.0 Å². The second kappa shape index (κ2) is 9.93. The van der Waals surface area contributed by atoms with Crippen LogP contribution in [0.4, 0.5) is 13.2 Å². The third kappa shape index (κ3) is 6.24. The number of rotatable bonds is 7. The highest BCUT2D eigenvalue weighted by Gasteiger charge is 2.31. The van der Waals surface area contributed by atoms with Crippen molar-refractivity contribution in [1.29, 1.82) is 0 Å². The molecule has 2 heterocycles. The maximum Gasteiger partial charge on any atom is 0.417 e. The number of thiazole rings is 1. The fourth-order valence-electron chi connectivity index (χ4n) is 2.59. The average molecular weight is 506 g/mol. The SMILES string of the molecule is CC(Oc1ccc(Oc2ncc(C(F)(F)F)cc2Cl)cc1)C(=O)N(C)Cc1cnc(Cl)s1. The van der Waals surface area contributed by atoms with Gasteiger partial charge in [-0.15, -0.1) is 11.3 Å². The number of likely N-dealkylation sites (N-methyl/N-ethyl adjacent to an activating group) is 1. The Bertz CT molecular complexity index is 1090. The number of amides is 1. The van der Waals surface area contributed by atoms with E-state index in [1.807, 2.05) is 0 Å². The molecule has 0 N–H and O–H groups in total. The highest BCUT2D eigenvalue weighted by molar-refractivity contribution is 7.15. The van der Waals surface area contributed by atoms with Gasteiger partial charge < -0.3 is 14.4 Å². The molecule has 1 atom stereocenters. The number of hydrogen-bond donors (Lipinski definition) is 0. The van der Waals surface area contributed by atoms with E-state index in [1.54, 1.807) is 32.3 Å². The van der Waals surface area contributed by atoms with Gasteiger partial charge in [-0.3, -0.25) is 4.79 Å². The maximum atomic E-state index is 12.7. The average Bonchev–Trinajstić information content (AvgIpc) is 3.14. The second-order valence-corrected chi connectivity index (χ2v) is 8.72. The summed E-state index contributed by atoms with van der Waals surface area (Å²) in [6, 6.07) is 6.89. The Morgan fingerprint density at radius 3 is 2.38 bits per heavy atom. The number of ether oxygens (including phenoxy) is 2. The van der Waals surface area contributed by atoms with Gasteiger partial charge in [0, 0.05) is 24.3 Å². The monoisotopic (exact) mass is 505 g/mol. The van der Waals surface area contributed by atoms with Crippen LogP contribution in [0.2, 0.25) is 9.49 Å². The fourth-order valence-corrected chi connectivity index (χ4v) is 3.82. The molecule has 2 aromatic heterocycles. The van der Waals surface area contributed by atoms with E-state index < -0.39 is 17.8 Å². The molecule has 170 valence electrons. The molecule has 1 aromatic carbocycles. The van der Waals surface area contributed by atoms with Gasteiger partial charge in [0.1, 0.15) is 16.5 Å². The standard InChI is InChI=1S/C20H16Cl2F3N3O3S/c1-11(18(29)28(2)10-15-9-27-19(22)32-15)30-13-3-5-14(6-4-13)31-17-16(21)7-12(8-26-17)20(23,24)25/h3-9,11H,10H2,1-2H3. The minimum absolute atomic E-state index is 0.165. The third-order valence-corrected chi connectivity index (χ3v) is 5.50. The van der Waals surface area contributed by atoms with Crippen molar-refractivity contribution in [2.75, 3.05) is 7.05 Å². The Kier molecular flexibility index (Phi) is 7.47. The Morgan fingerprint density at radius 1 is 1.16 bits per heavy atom. The quantitative estimate of drug-likeness (QED) is 0.389. The van der Waals surface area contributed by atoms with Gasteiger partial charge in [-0.1, -0.05) is 23.2 Å². The highest BCUT2D eigenvalue weighted by atomic mass is 35.5. The van der Waals surface area contributed by atoms with Crippen molar-refractivity contribution < 1.29 is 27.4 Å². The molecular weight excluding hydrogens is 490 g/mol. The summed E-state index contributed by atoms with van der Waals surface area (Å²) in [6.07, 6.45) is -3.06. The molecule has 0 saturated carbocycles. The number of carbonyl (C=O) groups excluding carboxylic acids is 1. The van der Waals surface area contributed by atoms with Gasteiger partial charge >= 0.3 is 6.18 Å². The predicted octanol–water partition coefficient (Wildman–Crippen LogP) is 6.08. The highest BCUT2D eigenvalue weighted by Crippen LogP contribution is 2.35. The zero-order chi connectivity index (χ0) is 23.5. The van der Waals surface area contributed by atoms with Gasteiger partial charge in [-0.2, -0.15) is 13.2 Å². The van der Waals surface area contributed by atoms with Crippen molar-refractivity contribution in [1.82, 2.24) is 14.9 Å². The molecule has 1 unspecified atom stereocenters. The van der Waals surface area contributed by atoms with Crippen LogP contribution >= 0.6 is 34.5 Å². The normalized spacial score (nSPS) is 12.3. The van der Waals surface area contributed by atoms with Crippen LogP contribution in [0.1, 0.15) is 17.4 Å². The van der Waals surface area contributed by atoms with Crippen LogP contribution in [0.15, 0.2) is 42.7 Å². The molecule has 0 fully saturated rings. The van der Waals surface area contributed by atoms with Crippen molar-refractivity contribution in [3.63, 3.8) is 0 Å². The third-order valence-electron chi connectivity index (χ3n) is 4.13. The molecule has 32 heavy (non-hydrogen) atoms. The minimum Gasteiger partial charge on any atom is -0.481 e. The van der Waals surface area contributed by atoms with Crippen molar-refractivity contribution in [3.05, 3.63) is 62.7 Å². The minimum atomic E-state index is -4.55. The maximum absolute atomic E-state index is 12.7. The lowest BCUT2D eigenvalue weighted by Crippen LogP contribution is -2.37. The van der Waals surface area contributed by atoms with Crippen LogP contribution in [0, 0.1) is 0 Å². The van der Waals surface area contributed by atoms with E-state index in [4.69, 9.17) is 32.7 Å². The largest absolute Gasteiger partial charge is 0.481 e. The Morgan fingerprint density at radius 2 is 1.81 bits per heavy atom. The van der Waals surface area contributed by atoms with Crippen LogP contribution in [-0.4, -0.2) is 33.9 Å². The molecule has 0 aliphatic carbocycles. The molecule has 3 rings (SSSR count). The number of hydrogen-bond acceptors (Lipinski definition) is 6. The number of nitrogens with zero attached hydrogens (tertiary/aromatic N) is 3. The van der Waals surface area contributed by atoms with Crippen molar-refractivity contribution in [3.8, 4) is 17.4 Å². The van der Waals surface area contributed by atoms with Crippen molar-refractivity contribution in [2.24, 2.45) is 0 Å². The summed E-state index contributed by atoms with van der Waals surface area (Å²) in [6.45, 7) is 1.97. The van der Waals surface area contributed by atoms with Crippen LogP contribution in [0.25, 0.3) is 0 Å². The lowest BCUT2D eigenvalue weighted by atomic mass is 10.3. The Labute approximate surface area is 195 Å². The number of alkyl halides is 3. The van der Waals surface area contributed by atoms with E-state index >= 15 is 0 Å². The van der Waals surface area contributed by atoms with E-state index in [9.17, 15) is 18.0 Å². The molecular formula is C20H16Cl2F3N3O3S. The summed E-state index contributed by atoms with van der Waals surface area (Å²) in [7, 11) is 1.65. The van der Waals surface area contributed by atoms with Gasteiger partial charge in [0.15, 0.2) is 10.6 Å². The fraction of sp³-hybridized carbons (Fsp3) is 0.250. The smallest absolute Gasteiger partial charge is 0.417 e. The Balaban J connectivity index is 1.59. The molecule has 0 saturated heterocycles. The van der Waals surface area contributed by atoms with E-state index in [1.165, 1.54) is 28.4 Å². The summed E-state index contributed by atoms with van der Waals surface area (Å²) in [5.74, 6) is 0.279. The topological polar surface area (TPSA) is 64.6 Å². The number of halogens is 5.